The van der Waals surface area contributed by atoms with Crippen molar-refractivity contribution >= 4 is 40.5 Å². The van der Waals surface area contributed by atoms with E-state index in [1.165, 1.54) is 0 Å². The van der Waals surface area contributed by atoms with Crippen molar-refractivity contribution in [1.29, 1.82) is 0 Å². The lowest BCUT2D eigenvalue weighted by Gasteiger charge is -2.19. The minimum Gasteiger partial charge on any atom is -0.480 e. The monoisotopic (exact) mass is 455 g/mol. The second-order valence-electron chi connectivity index (χ2n) is 7.46. The van der Waals surface area contributed by atoms with Crippen LogP contribution in [-0.2, 0) is 16.1 Å². The number of aromatic nitrogens is 4. The van der Waals surface area contributed by atoms with Crippen molar-refractivity contribution in [2.75, 3.05) is 37.1 Å². The number of H-pyrrole nitrogens is 1. The number of hydrogen-bond acceptors (Lipinski definition) is 9. The molecule has 0 radical (unpaired) electrons. The molecular formula is C21H27N8O4+. The summed E-state index contributed by atoms with van der Waals surface area (Å²) in [6.07, 6.45) is 2.53. The van der Waals surface area contributed by atoms with Crippen molar-refractivity contribution in [1.82, 2.24) is 20.3 Å². The van der Waals surface area contributed by atoms with Gasteiger partial charge in [-0.15, -0.1) is 0 Å². The molecule has 2 aromatic heterocycles. The van der Waals surface area contributed by atoms with E-state index in [1.807, 2.05) is 11.9 Å². The summed E-state index contributed by atoms with van der Waals surface area (Å²) in [7, 11) is 3.42. The number of carbonyl (C=O) groups excluding carboxylic acids is 1. The normalized spacial score (nSPS) is 11.8. The third-order valence-electron chi connectivity index (χ3n) is 4.97. The average Bonchev–Trinajstić information content (AvgIpc) is 2.78. The first-order valence-corrected chi connectivity index (χ1v) is 10.2. The topological polar surface area (TPSA) is 184 Å². The highest BCUT2D eigenvalue weighted by Crippen LogP contribution is 2.18. The molecule has 0 aliphatic heterocycles. The third-order valence-corrected chi connectivity index (χ3v) is 4.97. The van der Waals surface area contributed by atoms with E-state index in [1.54, 1.807) is 37.6 Å². The maximum absolute atomic E-state index is 12.5. The molecule has 0 fully saturated rings. The number of nitrogen functional groups attached to an aromatic ring is 2. The largest absolute Gasteiger partial charge is 0.480 e. The van der Waals surface area contributed by atoms with Crippen molar-refractivity contribution in [2.45, 2.75) is 25.4 Å². The Morgan fingerprint density at radius 2 is 1.94 bits per heavy atom. The predicted molar refractivity (Wildman–Crippen MR) is 121 cm³/mol. The number of aromatic amines is 1. The first kappa shape index (κ1) is 23.6. The Morgan fingerprint density at radius 1 is 1.21 bits per heavy atom. The van der Waals surface area contributed by atoms with Crippen molar-refractivity contribution in [3.05, 3.63) is 41.7 Å². The molecule has 0 unspecified atom stereocenters. The highest BCUT2D eigenvalue weighted by molar-refractivity contribution is 5.96. The summed E-state index contributed by atoms with van der Waals surface area (Å²) < 4.78 is 4.94. The van der Waals surface area contributed by atoms with Gasteiger partial charge in [0.1, 0.15) is 12.2 Å². The predicted octanol–water partition coefficient (Wildman–Crippen LogP) is 0.249. The van der Waals surface area contributed by atoms with Crippen LogP contribution in [0.25, 0.3) is 11.2 Å². The molecule has 12 nitrogen and oxygen atoms in total. The quantitative estimate of drug-likeness (QED) is 0.309. The maximum atomic E-state index is 12.5. The Bertz CT molecular complexity index is 1140. The number of hydrogen-bond donors (Lipinski definition) is 4. The highest BCUT2D eigenvalue weighted by Gasteiger charge is 2.20. The molecule has 2 heterocycles. The van der Waals surface area contributed by atoms with E-state index in [0.717, 1.165) is 5.69 Å². The number of aliphatic carboxylic acids is 1. The fourth-order valence-electron chi connectivity index (χ4n) is 3.24. The van der Waals surface area contributed by atoms with Crippen LogP contribution >= 0.6 is 0 Å². The van der Waals surface area contributed by atoms with Crippen LogP contribution in [0.4, 0.5) is 17.5 Å². The number of anilines is 3. The molecule has 1 amide bonds. The second kappa shape index (κ2) is 10.5. The number of rotatable bonds is 10. The van der Waals surface area contributed by atoms with Crippen LogP contribution in [-0.4, -0.2) is 58.7 Å². The van der Waals surface area contributed by atoms with E-state index in [2.05, 4.69) is 25.3 Å². The lowest BCUT2D eigenvalue weighted by atomic mass is 10.1. The van der Waals surface area contributed by atoms with E-state index >= 15 is 0 Å². The molecule has 0 saturated heterocycles. The van der Waals surface area contributed by atoms with Crippen LogP contribution in [0.5, 0.6) is 0 Å². The molecule has 7 N–H and O–H groups in total. The third kappa shape index (κ3) is 6.01. The fourth-order valence-corrected chi connectivity index (χ4v) is 3.24. The van der Waals surface area contributed by atoms with E-state index in [4.69, 9.17) is 16.2 Å². The minimum atomic E-state index is -1.08. The number of nitrogens with two attached hydrogens (primary N) is 2. The highest BCUT2D eigenvalue weighted by atomic mass is 16.5. The lowest BCUT2D eigenvalue weighted by molar-refractivity contribution is -0.349. The number of amides is 1. The van der Waals surface area contributed by atoms with E-state index in [-0.39, 0.29) is 18.2 Å². The van der Waals surface area contributed by atoms with Gasteiger partial charge in [-0.1, -0.05) is 0 Å². The zero-order chi connectivity index (χ0) is 24.0. The van der Waals surface area contributed by atoms with Crippen molar-refractivity contribution in [3.8, 4) is 0 Å². The van der Waals surface area contributed by atoms with Crippen LogP contribution in [0.1, 0.15) is 28.9 Å². The van der Waals surface area contributed by atoms with Gasteiger partial charge in [0, 0.05) is 37.0 Å². The number of nitrogens with zero attached hydrogens (tertiary/aromatic N) is 4. The number of ether oxygens (including phenoxy) is 1. The van der Waals surface area contributed by atoms with Gasteiger partial charge in [0.2, 0.25) is 0 Å². The fraction of sp³-hybridized carbons (Fsp3) is 0.333. The number of carboxylic acids is 1. The van der Waals surface area contributed by atoms with Gasteiger partial charge in [-0.2, -0.15) is 4.98 Å². The Labute approximate surface area is 190 Å². The van der Waals surface area contributed by atoms with Gasteiger partial charge in [-0.25, -0.2) is 14.8 Å². The van der Waals surface area contributed by atoms with Crippen LogP contribution < -0.4 is 26.7 Å². The van der Waals surface area contributed by atoms with E-state index in [9.17, 15) is 14.7 Å². The maximum Gasteiger partial charge on any atom is 0.355 e. The summed E-state index contributed by atoms with van der Waals surface area (Å²) in [5.74, 6) is -1.27. The first-order valence-electron chi connectivity index (χ1n) is 10.2. The molecule has 3 aromatic rings. The zero-order valence-corrected chi connectivity index (χ0v) is 18.4. The van der Waals surface area contributed by atoms with Crippen LogP contribution in [0.3, 0.4) is 0 Å². The minimum absolute atomic E-state index is 0.0664. The van der Waals surface area contributed by atoms with Crippen molar-refractivity contribution < 1.29 is 24.4 Å². The molecule has 3 rings (SSSR count). The summed E-state index contributed by atoms with van der Waals surface area (Å²) in [6, 6.07) is 5.86. The number of carboxylic acid groups (broad SMARTS) is 1. The van der Waals surface area contributed by atoms with Gasteiger partial charge in [-0.05, 0) is 37.1 Å². The molecule has 0 bridgehead atoms. The molecule has 12 heteroatoms. The summed E-state index contributed by atoms with van der Waals surface area (Å²) in [5.41, 5.74) is 14.3. The Hall–Kier alpha value is -4.06. The van der Waals surface area contributed by atoms with Gasteiger partial charge < -0.3 is 31.5 Å². The van der Waals surface area contributed by atoms with Crippen molar-refractivity contribution in [3.63, 3.8) is 0 Å². The van der Waals surface area contributed by atoms with Crippen LogP contribution in [0, 0.1) is 0 Å². The first-order chi connectivity index (χ1) is 15.8. The van der Waals surface area contributed by atoms with Gasteiger partial charge >= 0.3 is 17.6 Å². The number of fused-ring (bicyclic) bond motifs is 1. The van der Waals surface area contributed by atoms with Gasteiger partial charge in [0.25, 0.3) is 5.91 Å². The molecule has 1 aromatic carbocycles. The van der Waals surface area contributed by atoms with Crippen molar-refractivity contribution in [2.24, 2.45) is 0 Å². The molecule has 0 saturated carbocycles. The Morgan fingerprint density at radius 3 is 2.61 bits per heavy atom. The van der Waals surface area contributed by atoms with E-state index in [0.29, 0.717) is 42.0 Å². The lowest BCUT2D eigenvalue weighted by Crippen LogP contribution is -2.40. The number of nitrogens with one attached hydrogen (secondary N) is 2. The Balaban J connectivity index is 1.66. The summed E-state index contributed by atoms with van der Waals surface area (Å²) in [6.45, 7) is 0.876. The number of carbonyl (C=O) groups is 2. The smallest absolute Gasteiger partial charge is 0.355 e. The van der Waals surface area contributed by atoms with Crippen LogP contribution in [0.2, 0.25) is 0 Å². The molecule has 0 aliphatic rings. The van der Waals surface area contributed by atoms with Gasteiger partial charge in [0.15, 0.2) is 11.3 Å². The molecule has 174 valence electrons. The zero-order valence-electron chi connectivity index (χ0n) is 18.4. The molecule has 0 spiro atoms. The standard InChI is InChI=1S/C21H26N8O4/c1-29(11-13-10-24-18-16(25-13)17(22)27-21(23)28-18)14-7-5-12(6-8-14)19(30)26-15(20(31)32)4-3-9-33-2/h5-8,10,15H,3-4,9,11H2,1-2H3,(H,26,30)(H,31,32)(H4,22,23,24,27,28)/p+1/t15-/m0/s1. The molecule has 33 heavy (non-hydrogen) atoms. The summed E-state index contributed by atoms with van der Waals surface area (Å²) >= 11 is 0. The molecule has 0 aliphatic carbocycles. The second-order valence-corrected chi connectivity index (χ2v) is 7.46. The average molecular weight is 455 g/mol. The van der Waals surface area contributed by atoms with Crippen LogP contribution in [0.15, 0.2) is 30.5 Å². The Kier molecular flexibility index (Phi) is 7.51. The van der Waals surface area contributed by atoms with Gasteiger partial charge in [-0.3, -0.25) is 4.79 Å². The number of methoxy groups -OCH3 is 1. The summed E-state index contributed by atoms with van der Waals surface area (Å²) in [4.78, 5) is 41.3. The summed E-state index contributed by atoms with van der Waals surface area (Å²) in [5, 5.41) is 11.9. The van der Waals surface area contributed by atoms with Gasteiger partial charge in [0.05, 0.1) is 12.2 Å². The number of benzene rings is 1. The molecular weight excluding hydrogens is 428 g/mol. The molecule has 1 atom stereocenters. The van der Waals surface area contributed by atoms with E-state index < -0.39 is 17.9 Å². The SMILES string of the molecule is COCCC[C@H](NC(=O)c1ccc(N(C)Cc2c[nH+]c3nc(N)nc(N)c3n2)cc1)C(=O)O.